The molecule has 0 aliphatic carbocycles. The highest BCUT2D eigenvalue weighted by Gasteiger charge is 2.27. The minimum Gasteiger partial charge on any atom is -0.481 e. The lowest BCUT2D eigenvalue weighted by Crippen LogP contribution is -2.29. The largest absolute Gasteiger partial charge is 0.481 e. The molecule has 2 heterocycles. The first-order chi connectivity index (χ1) is 22.0. The summed E-state index contributed by atoms with van der Waals surface area (Å²) >= 11 is 0. The monoisotopic (exact) mass is 629 g/mol. The van der Waals surface area contributed by atoms with Gasteiger partial charge in [-0.3, -0.25) is 19.2 Å². The van der Waals surface area contributed by atoms with Crippen LogP contribution in [0, 0.1) is 5.92 Å². The third kappa shape index (κ3) is 8.04. The fourth-order valence-corrected chi connectivity index (χ4v) is 4.43. The molecule has 0 fully saturated rings. The second kappa shape index (κ2) is 14.5. The Labute approximate surface area is 261 Å². The first kappa shape index (κ1) is 32.7. The first-order valence-electron chi connectivity index (χ1n) is 14.1. The van der Waals surface area contributed by atoms with Gasteiger partial charge in [0.2, 0.25) is 11.9 Å². The second-order valence-corrected chi connectivity index (χ2v) is 10.1. The zero-order valence-corrected chi connectivity index (χ0v) is 24.6. The number of carbonyl (C=O) groups excluding carboxylic acids is 3. The normalized spacial score (nSPS) is 11.4. The number of aliphatic carboxylic acids is 1. The van der Waals surface area contributed by atoms with Crippen LogP contribution in [0.3, 0.4) is 0 Å². The zero-order valence-electron chi connectivity index (χ0n) is 24.6. The van der Waals surface area contributed by atoms with Crippen LogP contribution < -0.4 is 27.4 Å². The maximum atomic E-state index is 13.0. The van der Waals surface area contributed by atoms with E-state index in [4.69, 9.17) is 11.5 Å². The molecule has 0 aliphatic heterocycles. The summed E-state index contributed by atoms with van der Waals surface area (Å²) in [4.78, 5) is 77.4. The van der Waals surface area contributed by atoms with Crippen LogP contribution in [0.1, 0.15) is 63.0 Å². The van der Waals surface area contributed by atoms with Gasteiger partial charge < -0.3 is 37.6 Å². The molecule has 1 atom stereocenters. The molecular weight excluding hydrogens is 598 g/mol. The summed E-state index contributed by atoms with van der Waals surface area (Å²) in [7, 11) is 0. The maximum absolute atomic E-state index is 13.0. The van der Waals surface area contributed by atoms with Gasteiger partial charge in [-0.15, -0.1) is 0 Å². The summed E-state index contributed by atoms with van der Waals surface area (Å²) in [6.07, 6.45) is 1.77. The summed E-state index contributed by atoms with van der Waals surface area (Å²) in [5.41, 5.74) is 13.2. The number of anilines is 4. The number of carbonyl (C=O) groups is 5. The van der Waals surface area contributed by atoms with Gasteiger partial charge in [-0.1, -0.05) is 6.92 Å². The molecule has 16 nitrogen and oxygen atoms in total. The standard InChI is InChI=1S/C30H31N9O7/c1-2-22(40)36-17-9-10-19(21(12-17)29(45)46)27(42)33-11-3-4-20(28(43)44)24(41)15-5-7-16(8-6-15)34-13-18-14-35-26-23(37-18)25(31)38-30(32)39-26/h5-10,12,14,20,34H,2-4,11,13H2,1H3,(H,33,42)(H,36,40)(H,43,44)(H,45,46)(H4,31,32,35,38,39)/t20-/m0/s1. The van der Waals surface area contributed by atoms with Crippen LogP contribution in [0.25, 0.3) is 11.2 Å². The van der Waals surface area contributed by atoms with Gasteiger partial charge in [-0.2, -0.15) is 9.97 Å². The highest BCUT2D eigenvalue weighted by molar-refractivity contribution is 6.08. The van der Waals surface area contributed by atoms with Gasteiger partial charge in [0.15, 0.2) is 22.8 Å². The Kier molecular flexibility index (Phi) is 10.3. The summed E-state index contributed by atoms with van der Waals surface area (Å²) in [6.45, 7) is 1.90. The molecule has 0 spiro atoms. The quantitative estimate of drug-likeness (QED) is 0.0599. The number of carboxylic acids is 2. The zero-order chi connectivity index (χ0) is 33.4. The number of aromatic nitrogens is 4. The van der Waals surface area contributed by atoms with Gasteiger partial charge in [0, 0.05) is 29.9 Å². The Hall–Kier alpha value is -6.19. The summed E-state index contributed by atoms with van der Waals surface area (Å²) in [5.74, 6) is -5.53. The molecule has 46 heavy (non-hydrogen) atoms. The van der Waals surface area contributed by atoms with Crippen molar-refractivity contribution in [3.63, 3.8) is 0 Å². The summed E-state index contributed by atoms with van der Waals surface area (Å²) in [6, 6.07) is 10.1. The predicted octanol–water partition coefficient (Wildman–Crippen LogP) is 2.34. The van der Waals surface area contributed by atoms with Crippen molar-refractivity contribution >= 4 is 63.8 Å². The molecule has 2 aromatic carbocycles. The molecule has 4 aromatic rings. The number of hydrogen-bond acceptors (Lipinski definition) is 12. The van der Waals surface area contributed by atoms with Crippen LogP contribution in [-0.4, -0.2) is 66.2 Å². The number of nitrogens with two attached hydrogens (primary N) is 2. The Morgan fingerprint density at radius 2 is 1.63 bits per heavy atom. The highest BCUT2D eigenvalue weighted by atomic mass is 16.4. The Balaban J connectivity index is 1.31. The number of rotatable bonds is 14. The summed E-state index contributed by atoms with van der Waals surface area (Å²) in [5, 5.41) is 27.5. The molecule has 2 amide bonds. The lowest BCUT2D eigenvalue weighted by atomic mass is 9.93. The minimum atomic E-state index is -1.36. The van der Waals surface area contributed by atoms with Crippen molar-refractivity contribution in [2.24, 2.45) is 5.92 Å². The van der Waals surface area contributed by atoms with E-state index >= 15 is 0 Å². The van der Waals surface area contributed by atoms with Crippen molar-refractivity contribution in [3.8, 4) is 0 Å². The second-order valence-electron chi connectivity index (χ2n) is 10.1. The van der Waals surface area contributed by atoms with Gasteiger partial charge >= 0.3 is 11.9 Å². The maximum Gasteiger partial charge on any atom is 0.336 e. The van der Waals surface area contributed by atoms with Crippen LogP contribution in [0.4, 0.5) is 23.1 Å². The van der Waals surface area contributed by atoms with Crippen LogP contribution in [0.5, 0.6) is 0 Å². The molecule has 0 unspecified atom stereocenters. The van der Waals surface area contributed by atoms with E-state index in [-0.39, 0.29) is 78.1 Å². The number of carboxylic acid groups (broad SMARTS) is 2. The van der Waals surface area contributed by atoms with Gasteiger partial charge in [-0.25, -0.2) is 14.8 Å². The van der Waals surface area contributed by atoms with Gasteiger partial charge in [0.1, 0.15) is 5.92 Å². The Morgan fingerprint density at radius 3 is 2.30 bits per heavy atom. The van der Waals surface area contributed by atoms with Crippen molar-refractivity contribution in [1.82, 2.24) is 25.3 Å². The molecule has 2 aromatic heterocycles. The number of benzene rings is 2. The fraction of sp³-hybridized carbons (Fsp3) is 0.233. The van der Waals surface area contributed by atoms with E-state index in [0.29, 0.717) is 16.9 Å². The molecule has 0 saturated heterocycles. The number of ketones is 1. The van der Waals surface area contributed by atoms with Crippen molar-refractivity contribution in [1.29, 1.82) is 0 Å². The number of nitrogens with zero attached hydrogens (tertiary/aromatic N) is 4. The fourth-order valence-electron chi connectivity index (χ4n) is 4.43. The average Bonchev–Trinajstić information content (AvgIpc) is 3.03. The molecule has 16 heteroatoms. The van der Waals surface area contributed by atoms with E-state index in [0.717, 1.165) is 0 Å². The van der Waals surface area contributed by atoms with Crippen molar-refractivity contribution in [2.75, 3.05) is 28.6 Å². The van der Waals surface area contributed by atoms with Crippen molar-refractivity contribution in [3.05, 3.63) is 71.0 Å². The molecule has 9 N–H and O–H groups in total. The summed E-state index contributed by atoms with van der Waals surface area (Å²) < 4.78 is 0. The average molecular weight is 630 g/mol. The lowest BCUT2D eigenvalue weighted by Gasteiger charge is -2.13. The number of amides is 2. The minimum absolute atomic E-state index is 0.00500. The highest BCUT2D eigenvalue weighted by Crippen LogP contribution is 2.20. The third-order valence-electron chi connectivity index (χ3n) is 6.81. The van der Waals surface area contributed by atoms with Crippen molar-refractivity contribution < 1.29 is 34.2 Å². The molecule has 0 aliphatic rings. The van der Waals surface area contributed by atoms with Crippen LogP contribution in [0.2, 0.25) is 0 Å². The number of fused-ring (bicyclic) bond motifs is 1. The molecule has 238 valence electrons. The molecule has 4 rings (SSSR count). The molecule has 0 saturated carbocycles. The van der Waals surface area contributed by atoms with Crippen LogP contribution in [-0.2, 0) is 16.1 Å². The SMILES string of the molecule is CCC(=O)Nc1ccc(C(=O)NCCC[C@H](C(=O)O)C(=O)c2ccc(NCc3cnc4nc(N)nc(N)c4n3)cc2)c(C(=O)O)c1. The number of nitrogens with one attached hydrogen (secondary N) is 3. The third-order valence-corrected chi connectivity index (χ3v) is 6.81. The topological polar surface area (TPSA) is 266 Å². The van der Waals surface area contributed by atoms with Gasteiger partial charge in [0.25, 0.3) is 5.91 Å². The number of nitrogen functional groups attached to an aromatic ring is 2. The predicted molar refractivity (Wildman–Crippen MR) is 167 cm³/mol. The van der Waals surface area contributed by atoms with E-state index in [1.807, 2.05) is 0 Å². The molecule has 0 radical (unpaired) electrons. The van der Waals surface area contributed by atoms with Crippen LogP contribution in [0.15, 0.2) is 48.7 Å². The van der Waals surface area contributed by atoms with E-state index in [2.05, 4.69) is 35.9 Å². The number of aromatic carboxylic acids is 1. The van der Waals surface area contributed by atoms with E-state index in [9.17, 15) is 34.2 Å². The molecular formula is C30H31N9O7. The van der Waals surface area contributed by atoms with E-state index in [1.54, 1.807) is 19.1 Å². The smallest absolute Gasteiger partial charge is 0.336 e. The van der Waals surface area contributed by atoms with Crippen LogP contribution >= 0.6 is 0 Å². The Bertz CT molecular complexity index is 1810. The first-order valence-corrected chi connectivity index (χ1v) is 14.1. The molecule has 0 bridgehead atoms. The van der Waals surface area contributed by atoms with E-state index < -0.39 is 29.5 Å². The van der Waals surface area contributed by atoms with E-state index in [1.165, 1.54) is 36.5 Å². The van der Waals surface area contributed by atoms with Gasteiger partial charge in [0.05, 0.1) is 29.6 Å². The Morgan fingerprint density at radius 1 is 0.913 bits per heavy atom. The lowest BCUT2D eigenvalue weighted by molar-refractivity contribution is -0.140. The van der Waals surface area contributed by atoms with Gasteiger partial charge in [-0.05, 0) is 55.3 Å². The number of hydrogen-bond donors (Lipinski definition) is 7. The van der Waals surface area contributed by atoms with Crippen molar-refractivity contribution in [2.45, 2.75) is 32.7 Å². The number of Topliss-reactive ketones (excluding diaryl/α,β-unsaturated/α-hetero) is 1.